The minimum absolute atomic E-state index is 0.120. The van der Waals surface area contributed by atoms with Crippen LogP contribution < -0.4 is 15.0 Å². The van der Waals surface area contributed by atoms with Gasteiger partial charge in [0, 0.05) is 51.4 Å². The van der Waals surface area contributed by atoms with Gasteiger partial charge in [-0.2, -0.15) is 0 Å². The number of hydrogen-bond donors (Lipinski definition) is 1. The number of aryl methyl sites for hydroxylation is 1. The number of ether oxygens (including phenoxy) is 1. The molecule has 0 aromatic heterocycles. The monoisotopic (exact) mass is 367 g/mol. The summed E-state index contributed by atoms with van der Waals surface area (Å²) in [5.41, 5.74) is 3.60. The molecule has 27 heavy (non-hydrogen) atoms. The maximum absolute atomic E-state index is 12.1. The lowest BCUT2D eigenvalue weighted by Crippen LogP contribution is -2.47. The average Bonchev–Trinajstić information content (AvgIpc) is 2.71. The molecule has 0 spiro atoms. The summed E-state index contributed by atoms with van der Waals surface area (Å²) in [7, 11) is 1.69. The fourth-order valence-electron chi connectivity index (χ4n) is 3.39. The van der Waals surface area contributed by atoms with E-state index in [1.807, 2.05) is 24.3 Å². The van der Waals surface area contributed by atoms with Crippen molar-refractivity contribution >= 4 is 11.6 Å². The van der Waals surface area contributed by atoms with Gasteiger partial charge in [0.2, 0.25) is 5.91 Å². The number of nitrogens with zero attached hydrogens (tertiary/aromatic N) is 2. The normalized spacial score (nSPS) is 14.8. The van der Waals surface area contributed by atoms with Gasteiger partial charge < -0.3 is 15.0 Å². The Bertz CT molecular complexity index is 737. The molecule has 1 fully saturated rings. The van der Waals surface area contributed by atoms with Gasteiger partial charge in [-0.25, -0.2) is 0 Å². The highest BCUT2D eigenvalue weighted by molar-refractivity contribution is 5.76. The Labute approximate surface area is 161 Å². The molecule has 0 saturated carbocycles. The average molecular weight is 367 g/mol. The summed E-state index contributed by atoms with van der Waals surface area (Å²) in [5, 5.41) is 3.02. The summed E-state index contributed by atoms with van der Waals surface area (Å²) in [6, 6.07) is 16.5. The third-order valence-electron chi connectivity index (χ3n) is 5.04. The van der Waals surface area contributed by atoms with Gasteiger partial charge in [0.25, 0.3) is 0 Å². The number of hydrogen-bond acceptors (Lipinski definition) is 4. The molecular weight excluding hydrogens is 338 g/mol. The lowest BCUT2D eigenvalue weighted by Gasteiger charge is -2.36. The van der Waals surface area contributed by atoms with Crippen LogP contribution in [0.5, 0.6) is 5.75 Å². The molecule has 1 N–H and O–H groups in total. The quantitative estimate of drug-likeness (QED) is 0.817. The highest BCUT2D eigenvalue weighted by Gasteiger charge is 2.17. The van der Waals surface area contributed by atoms with Crippen molar-refractivity contribution in [2.24, 2.45) is 0 Å². The Balaban J connectivity index is 1.37. The van der Waals surface area contributed by atoms with Crippen molar-refractivity contribution < 1.29 is 9.53 Å². The fraction of sp³-hybridized carbons (Fsp3) is 0.409. The summed E-state index contributed by atoms with van der Waals surface area (Å²) >= 11 is 0. The summed E-state index contributed by atoms with van der Waals surface area (Å²) in [6.45, 7) is 7.42. The molecule has 2 aromatic rings. The SMILES string of the molecule is COc1ccc(N2CCN(CCC(=O)NCc3cccc(C)c3)CC2)cc1. The Morgan fingerprint density at radius 1 is 1.07 bits per heavy atom. The summed E-state index contributed by atoms with van der Waals surface area (Å²) in [5.74, 6) is 1.00. The first-order valence-electron chi connectivity index (χ1n) is 9.57. The third kappa shape index (κ3) is 5.73. The fourth-order valence-corrected chi connectivity index (χ4v) is 3.39. The first-order chi connectivity index (χ1) is 13.1. The van der Waals surface area contributed by atoms with Gasteiger partial charge >= 0.3 is 0 Å². The van der Waals surface area contributed by atoms with E-state index in [0.717, 1.165) is 44.0 Å². The highest BCUT2D eigenvalue weighted by Crippen LogP contribution is 2.20. The Hall–Kier alpha value is -2.53. The van der Waals surface area contributed by atoms with Crippen LogP contribution in [0.15, 0.2) is 48.5 Å². The molecule has 1 amide bonds. The van der Waals surface area contributed by atoms with Gasteiger partial charge in [-0.3, -0.25) is 9.69 Å². The van der Waals surface area contributed by atoms with E-state index < -0.39 is 0 Å². The number of rotatable bonds is 7. The number of anilines is 1. The van der Waals surface area contributed by atoms with E-state index >= 15 is 0 Å². The van der Waals surface area contributed by atoms with Gasteiger partial charge in [-0.05, 0) is 36.8 Å². The molecule has 1 saturated heterocycles. The van der Waals surface area contributed by atoms with E-state index in [2.05, 4.69) is 46.3 Å². The van der Waals surface area contributed by atoms with Gasteiger partial charge in [-0.1, -0.05) is 29.8 Å². The number of nitrogens with one attached hydrogen (secondary N) is 1. The Morgan fingerprint density at radius 2 is 1.81 bits per heavy atom. The first-order valence-corrected chi connectivity index (χ1v) is 9.57. The lowest BCUT2D eigenvalue weighted by molar-refractivity contribution is -0.121. The van der Waals surface area contributed by atoms with Gasteiger partial charge in [-0.15, -0.1) is 0 Å². The minimum Gasteiger partial charge on any atom is -0.497 e. The Morgan fingerprint density at radius 3 is 2.48 bits per heavy atom. The van der Waals surface area contributed by atoms with Crippen LogP contribution in [0.1, 0.15) is 17.5 Å². The zero-order valence-electron chi connectivity index (χ0n) is 16.3. The zero-order valence-corrected chi connectivity index (χ0v) is 16.3. The van der Waals surface area contributed by atoms with Crippen LogP contribution >= 0.6 is 0 Å². The topological polar surface area (TPSA) is 44.8 Å². The number of benzene rings is 2. The molecule has 2 aromatic carbocycles. The molecule has 1 aliphatic heterocycles. The summed E-state index contributed by atoms with van der Waals surface area (Å²) in [6.07, 6.45) is 0.550. The van der Waals surface area contributed by atoms with Crippen molar-refractivity contribution in [2.75, 3.05) is 44.7 Å². The van der Waals surface area contributed by atoms with E-state index in [-0.39, 0.29) is 5.91 Å². The number of amides is 1. The number of methoxy groups -OCH3 is 1. The molecule has 0 unspecified atom stereocenters. The molecule has 0 aliphatic carbocycles. The maximum Gasteiger partial charge on any atom is 0.221 e. The lowest BCUT2D eigenvalue weighted by atomic mass is 10.1. The van der Waals surface area contributed by atoms with Crippen molar-refractivity contribution in [2.45, 2.75) is 19.9 Å². The van der Waals surface area contributed by atoms with Crippen LogP contribution in [0.3, 0.4) is 0 Å². The molecule has 5 nitrogen and oxygen atoms in total. The van der Waals surface area contributed by atoms with Crippen molar-refractivity contribution in [3.63, 3.8) is 0 Å². The largest absolute Gasteiger partial charge is 0.497 e. The summed E-state index contributed by atoms with van der Waals surface area (Å²) in [4.78, 5) is 16.9. The van der Waals surface area contributed by atoms with Crippen molar-refractivity contribution in [3.05, 3.63) is 59.7 Å². The van der Waals surface area contributed by atoms with Crippen LogP contribution in [0.4, 0.5) is 5.69 Å². The number of carbonyl (C=O) groups is 1. The van der Waals surface area contributed by atoms with E-state index in [1.165, 1.54) is 11.3 Å². The molecule has 144 valence electrons. The van der Waals surface area contributed by atoms with E-state index in [1.54, 1.807) is 7.11 Å². The molecule has 1 heterocycles. The van der Waals surface area contributed by atoms with Crippen molar-refractivity contribution in [1.82, 2.24) is 10.2 Å². The molecule has 0 radical (unpaired) electrons. The first kappa shape index (κ1) is 19.2. The van der Waals surface area contributed by atoms with E-state index in [9.17, 15) is 4.79 Å². The molecule has 0 bridgehead atoms. The smallest absolute Gasteiger partial charge is 0.221 e. The standard InChI is InChI=1S/C22H29N3O2/c1-18-4-3-5-19(16-18)17-23-22(26)10-11-24-12-14-25(15-13-24)20-6-8-21(27-2)9-7-20/h3-9,16H,10-15,17H2,1-2H3,(H,23,26). The molecule has 0 atom stereocenters. The van der Waals surface area contributed by atoms with Crippen LogP contribution in [0, 0.1) is 6.92 Å². The van der Waals surface area contributed by atoms with E-state index in [0.29, 0.717) is 13.0 Å². The van der Waals surface area contributed by atoms with Gasteiger partial charge in [0.1, 0.15) is 5.75 Å². The van der Waals surface area contributed by atoms with Crippen molar-refractivity contribution in [1.29, 1.82) is 0 Å². The Kier molecular flexibility index (Phi) is 6.71. The third-order valence-corrected chi connectivity index (χ3v) is 5.04. The zero-order chi connectivity index (χ0) is 19.1. The molecular formula is C22H29N3O2. The van der Waals surface area contributed by atoms with Crippen LogP contribution in [-0.2, 0) is 11.3 Å². The van der Waals surface area contributed by atoms with Crippen molar-refractivity contribution in [3.8, 4) is 5.75 Å². The van der Waals surface area contributed by atoms with Crippen LogP contribution in [-0.4, -0.2) is 50.6 Å². The predicted octanol–water partition coefficient (Wildman–Crippen LogP) is 2.83. The number of piperazine rings is 1. The number of carbonyl (C=O) groups excluding carboxylic acids is 1. The minimum atomic E-state index is 0.120. The van der Waals surface area contributed by atoms with Crippen LogP contribution in [0.25, 0.3) is 0 Å². The van der Waals surface area contributed by atoms with Gasteiger partial charge in [0.15, 0.2) is 0 Å². The van der Waals surface area contributed by atoms with Crippen LogP contribution in [0.2, 0.25) is 0 Å². The van der Waals surface area contributed by atoms with E-state index in [4.69, 9.17) is 4.74 Å². The molecule has 5 heteroatoms. The second kappa shape index (κ2) is 9.42. The second-order valence-electron chi connectivity index (χ2n) is 7.04. The highest BCUT2D eigenvalue weighted by atomic mass is 16.5. The molecule has 1 aliphatic rings. The predicted molar refractivity (Wildman–Crippen MR) is 109 cm³/mol. The maximum atomic E-state index is 12.1. The second-order valence-corrected chi connectivity index (χ2v) is 7.04. The molecule has 3 rings (SSSR count). The summed E-state index contributed by atoms with van der Waals surface area (Å²) < 4.78 is 5.22. The van der Waals surface area contributed by atoms with Gasteiger partial charge in [0.05, 0.1) is 7.11 Å².